The van der Waals surface area contributed by atoms with Crippen molar-refractivity contribution in [2.45, 2.75) is 40.0 Å². The molecule has 0 atom stereocenters. The molecule has 0 aromatic heterocycles. The predicted octanol–water partition coefficient (Wildman–Crippen LogP) is 3.85. The summed E-state index contributed by atoms with van der Waals surface area (Å²) in [4.78, 5) is 11.9. The van der Waals surface area contributed by atoms with Gasteiger partial charge in [0.1, 0.15) is 5.75 Å². The molecule has 3 heteroatoms. The third-order valence-corrected chi connectivity index (χ3v) is 2.95. The van der Waals surface area contributed by atoms with Gasteiger partial charge in [-0.3, -0.25) is 4.79 Å². The van der Waals surface area contributed by atoms with Crippen LogP contribution in [0, 0.1) is 5.92 Å². The van der Waals surface area contributed by atoms with Crippen LogP contribution in [0.2, 0.25) is 0 Å². The molecule has 0 aliphatic heterocycles. The van der Waals surface area contributed by atoms with Crippen molar-refractivity contribution in [1.82, 2.24) is 0 Å². The van der Waals surface area contributed by atoms with Crippen molar-refractivity contribution in [3.05, 3.63) is 24.3 Å². The van der Waals surface area contributed by atoms with E-state index in [2.05, 4.69) is 12.2 Å². The highest BCUT2D eigenvalue weighted by Gasteiger charge is 2.16. The Morgan fingerprint density at radius 3 is 2.61 bits per heavy atom. The summed E-state index contributed by atoms with van der Waals surface area (Å²) in [7, 11) is 0. The molecule has 1 N–H and O–H groups in total. The Kier molecular flexibility index (Phi) is 6.26. The van der Waals surface area contributed by atoms with Gasteiger partial charge in [-0.2, -0.15) is 0 Å². The van der Waals surface area contributed by atoms with Crippen LogP contribution < -0.4 is 10.1 Å². The standard InChI is InChI=1S/C15H23NO2/c1-4-10-16-13-8-7-9-14(11-13)18-15(17)12(5-2)6-3/h7-9,11-12,16H,4-6,10H2,1-3H3. The van der Waals surface area contributed by atoms with Crippen molar-refractivity contribution in [2.75, 3.05) is 11.9 Å². The molecule has 0 aliphatic rings. The number of carbonyl (C=O) groups excluding carboxylic acids is 1. The summed E-state index contributed by atoms with van der Waals surface area (Å²) in [5, 5.41) is 3.27. The van der Waals surface area contributed by atoms with Gasteiger partial charge in [0, 0.05) is 18.3 Å². The monoisotopic (exact) mass is 249 g/mol. The van der Waals surface area contributed by atoms with Crippen LogP contribution >= 0.6 is 0 Å². The summed E-state index contributed by atoms with van der Waals surface area (Å²) in [6, 6.07) is 7.56. The first-order valence-corrected chi connectivity index (χ1v) is 6.76. The quantitative estimate of drug-likeness (QED) is 0.589. The van der Waals surface area contributed by atoms with Gasteiger partial charge in [-0.1, -0.05) is 26.8 Å². The van der Waals surface area contributed by atoms with E-state index in [-0.39, 0.29) is 11.9 Å². The molecule has 0 amide bonds. The van der Waals surface area contributed by atoms with Crippen molar-refractivity contribution in [1.29, 1.82) is 0 Å². The Hall–Kier alpha value is -1.51. The molecule has 0 bridgehead atoms. The topological polar surface area (TPSA) is 38.3 Å². The lowest BCUT2D eigenvalue weighted by atomic mass is 10.0. The molecular formula is C15H23NO2. The number of anilines is 1. The highest BCUT2D eigenvalue weighted by molar-refractivity contribution is 5.75. The van der Waals surface area contributed by atoms with E-state index >= 15 is 0 Å². The zero-order valence-electron chi connectivity index (χ0n) is 11.5. The zero-order valence-corrected chi connectivity index (χ0v) is 11.5. The molecular weight excluding hydrogens is 226 g/mol. The molecule has 0 unspecified atom stereocenters. The fourth-order valence-electron chi connectivity index (χ4n) is 1.76. The number of hydrogen-bond donors (Lipinski definition) is 1. The minimum absolute atomic E-state index is 0.00254. The van der Waals surface area contributed by atoms with Crippen LogP contribution in [-0.4, -0.2) is 12.5 Å². The average molecular weight is 249 g/mol. The van der Waals surface area contributed by atoms with Crippen molar-refractivity contribution < 1.29 is 9.53 Å². The molecule has 0 aliphatic carbocycles. The number of rotatable bonds is 7. The number of nitrogens with one attached hydrogen (secondary N) is 1. The average Bonchev–Trinajstić information content (AvgIpc) is 2.38. The second-order valence-electron chi connectivity index (χ2n) is 4.39. The number of carbonyl (C=O) groups is 1. The van der Waals surface area contributed by atoms with E-state index in [9.17, 15) is 4.79 Å². The Labute approximate surface area is 110 Å². The van der Waals surface area contributed by atoms with E-state index in [1.165, 1.54) is 0 Å². The van der Waals surface area contributed by atoms with Gasteiger partial charge in [-0.15, -0.1) is 0 Å². The molecule has 0 saturated carbocycles. The van der Waals surface area contributed by atoms with E-state index in [4.69, 9.17) is 4.74 Å². The Morgan fingerprint density at radius 2 is 2.00 bits per heavy atom. The van der Waals surface area contributed by atoms with Gasteiger partial charge in [0.2, 0.25) is 0 Å². The molecule has 0 saturated heterocycles. The van der Waals surface area contributed by atoms with Gasteiger partial charge in [0.25, 0.3) is 0 Å². The van der Waals surface area contributed by atoms with Gasteiger partial charge in [0.05, 0.1) is 5.92 Å². The molecule has 18 heavy (non-hydrogen) atoms. The summed E-state index contributed by atoms with van der Waals surface area (Å²) >= 11 is 0. The second-order valence-corrected chi connectivity index (χ2v) is 4.39. The van der Waals surface area contributed by atoms with Crippen LogP contribution in [0.5, 0.6) is 5.75 Å². The van der Waals surface area contributed by atoms with E-state index < -0.39 is 0 Å². The van der Waals surface area contributed by atoms with Crippen molar-refractivity contribution in [3.8, 4) is 5.75 Å². The van der Waals surface area contributed by atoms with Crippen LogP contribution in [0.4, 0.5) is 5.69 Å². The second kappa shape index (κ2) is 7.75. The maximum Gasteiger partial charge on any atom is 0.314 e. The van der Waals surface area contributed by atoms with Crippen LogP contribution in [0.25, 0.3) is 0 Å². The van der Waals surface area contributed by atoms with Crippen molar-refractivity contribution in [2.24, 2.45) is 5.92 Å². The molecule has 0 fully saturated rings. The SMILES string of the molecule is CCCNc1cccc(OC(=O)C(CC)CC)c1. The number of benzene rings is 1. The molecule has 0 radical (unpaired) electrons. The first-order valence-electron chi connectivity index (χ1n) is 6.76. The van der Waals surface area contributed by atoms with Gasteiger partial charge in [-0.25, -0.2) is 0 Å². The number of hydrogen-bond acceptors (Lipinski definition) is 3. The van der Waals surface area contributed by atoms with Crippen LogP contribution in [-0.2, 0) is 4.79 Å². The minimum atomic E-state index is -0.132. The molecule has 100 valence electrons. The van der Waals surface area contributed by atoms with Gasteiger partial charge in [0.15, 0.2) is 0 Å². The first-order chi connectivity index (χ1) is 8.71. The van der Waals surface area contributed by atoms with E-state index in [1.807, 2.05) is 38.1 Å². The molecule has 0 spiro atoms. The smallest absolute Gasteiger partial charge is 0.314 e. The number of esters is 1. The van der Waals surface area contributed by atoms with Crippen molar-refractivity contribution in [3.63, 3.8) is 0 Å². The van der Waals surface area contributed by atoms with Gasteiger partial charge >= 0.3 is 5.97 Å². The highest BCUT2D eigenvalue weighted by Crippen LogP contribution is 2.20. The highest BCUT2D eigenvalue weighted by atomic mass is 16.5. The normalized spacial score (nSPS) is 10.4. The summed E-state index contributed by atoms with van der Waals surface area (Å²) in [6.45, 7) is 7.05. The van der Waals surface area contributed by atoms with Crippen LogP contribution in [0.15, 0.2) is 24.3 Å². The van der Waals surface area contributed by atoms with Crippen LogP contribution in [0.3, 0.4) is 0 Å². The largest absolute Gasteiger partial charge is 0.426 e. The third kappa shape index (κ3) is 4.40. The molecule has 0 heterocycles. The predicted molar refractivity (Wildman–Crippen MR) is 74.9 cm³/mol. The van der Waals surface area contributed by atoms with Gasteiger partial charge < -0.3 is 10.1 Å². The lowest BCUT2D eigenvalue weighted by Gasteiger charge is -2.12. The van der Waals surface area contributed by atoms with Crippen molar-refractivity contribution >= 4 is 11.7 Å². The summed E-state index contributed by atoms with van der Waals surface area (Å²) in [5.74, 6) is 0.484. The summed E-state index contributed by atoms with van der Waals surface area (Å²) < 4.78 is 5.40. The minimum Gasteiger partial charge on any atom is -0.426 e. The summed E-state index contributed by atoms with van der Waals surface area (Å²) in [6.07, 6.45) is 2.71. The van der Waals surface area contributed by atoms with Gasteiger partial charge in [-0.05, 0) is 31.4 Å². The number of ether oxygens (including phenoxy) is 1. The first kappa shape index (κ1) is 14.6. The van der Waals surface area contributed by atoms with E-state index in [0.717, 1.165) is 31.5 Å². The molecule has 1 aromatic carbocycles. The Balaban J connectivity index is 2.63. The maximum atomic E-state index is 11.9. The third-order valence-electron chi connectivity index (χ3n) is 2.95. The van der Waals surface area contributed by atoms with E-state index in [0.29, 0.717) is 5.75 Å². The fourth-order valence-corrected chi connectivity index (χ4v) is 1.76. The lowest BCUT2D eigenvalue weighted by Crippen LogP contribution is -2.19. The maximum absolute atomic E-state index is 11.9. The van der Waals surface area contributed by atoms with E-state index in [1.54, 1.807) is 0 Å². The lowest BCUT2D eigenvalue weighted by molar-refractivity contribution is -0.139. The zero-order chi connectivity index (χ0) is 13.4. The molecule has 1 rings (SSSR count). The summed E-state index contributed by atoms with van der Waals surface area (Å²) in [5.41, 5.74) is 0.992. The fraction of sp³-hybridized carbons (Fsp3) is 0.533. The van der Waals surface area contributed by atoms with Crippen LogP contribution in [0.1, 0.15) is 40.0 Å². The molecule has 1 aromatic rings. The Morgan fingerprint density at radius 1 is 1.28 bits per heavy atom. The molecule has 3 nitrogen and oxygen atoms in total. The Bertz CT molecular complexity index is 373.